The van der Waals surface area contributed by atoms with Gasteiger partial charge in [0.05, 0.1) is 6.04 Å². The third-order valence-electron chi connectivity index (χ3n) is 11.9. The Morgan fingerprint density at radius 2 is 1.83 bits per heavy atom. The molecule has 0 aromatic heterocycles. The third-order valence-corrected chi connectivity index (χ3v) is 11.9. The van der Waals surface area contributed by atoms with Crippen molar-refractivity contribution in [3.8, 4) is 17.2 Å². The molecule has 3 aliphatic carbocycles. The first kappa shape index (κ1) is 32.5. The van der Waals surface area contributed by atoms with Crippen molar-refractivity contribution in [2.45, 2.75) is 128 Å². The van der Waals surface area contributed by atoms with Crippen LogP contribution in [0.3, 0.4) is 0 Å². The van der Waals surface area contributed by atoms with Gasteiger partial charge in [-0.05, 0) is 87.6 Å². The number of phenols is 1. The van der Waals surface area contributed by atoms with Crippen LogP contribution >= 0.6 is 0 Å². The molecule has 1 spiro atoms. The number of unbranched alkanes of at least 4 members (excludes halogenated alkanes) is 4. The molecule has 3 fully saturated rings. The number of ether oxygens (including phenoxy) is 2. The van der Waals surface area contributed by atoms with Gasteiger partial charge in [0, 0.05) is 55.1 Å². The average Bonchev–Trinajstić information content (AvgIpc) is 3.80. The minimum atomic E-state index is -0.422. The molecule has 5 atom stereocenters. The Hall–Kier alpha value is -3.06. The topological polar surface area (TPSA) is 79.3 Å². The number of carbonyl (C=O) groups excluding carboxylic acids is 2. The van der Waals surface area contributed by atoms with Crippen LogP contribution in [0.1, 0.15) is 108 Å². The summed E-state index contributed by atoms with van der Waals surface area (Å²) in [4.78, 5) is 31.2. The number of nitrogens with zero attached hydrogens (tertiary/aromatic N) is 2. The van der Waals surface area contributed by atoms with Gasteiger partial charge in [-0.3, -0.25) is 14.5 Å². The molecule has 2 aromatic carbocycles. The van der Waals surface area contributed by atoms with E-state index in [2.05, 4.69) is 54.0 Å². The van der Waals surface area contributed by atoms with E-state index in [-0.39, 0.29) is 29.2 Å². The van der Waals surface area contributed by atoms with Gasteiger partial charge in [0.2, 0.25) is 5.91 Å². The smallest absolute Gasteiger partial charge is 0.308 e. The molecule has 47 heavy (non-hydrogen) atoms. The third kappa shape index (κ3) is 6.29. The summed E-state index contributed by atoms with van der Waals surface area (Å²) in [6.07, 6.45) is 13.4. The number of benzene rings is 2. The Morgan fingerprint density at radius 3 is 2.57 bits per heavy atom. The number of likely N-dealkylation sites (tertiary alicyclic amines) is 1. The van der Waals surface area contributed by atoms with Gasteiger partial charge in [0.15, 0.2) is 11.5 Å². The van der Waals surface area contributed by atoms with Crippen LogP contribution in [0, 0.1) is 17.8 Å². The van der Waals surface area contributed by atoms with Crippen molar-refractivity contribution in [2.75, 3.05) is 19.6 Å². The van der Waals surface area contributed by atoms with Crippen molar-refractivity contribution in [3.05, 3.63) is 53.1 Å². The molecule has 0 unspecified atom stereocenters. The minimum Gasteiger partial charge on any atom is -0.508 e. The number of hydrogen-bond donors (Lipinski definition) is 1. The van der Waals surface area contributed by atoms with E-state index >= 15 is 0 Å². The Balaban J connectivity index is 1.10. The van der Waals surface area contributed by atoms with Crippen molar-refractivity contribution < 1.29 is 24.2 Å². The molecule has 1 amide bonds. The van der Waals surface area contributed by atoms with E-state index in [1.165, 1.54) is 38.2 Å². The van der Waals surface area contributed by atoms with E-state index in [1.807, 2.05) is 0 Å². The van der Waals surface area contributed by atoms with Crippen LogP contribution < -0.4 is 9.47 Å². The van der Waals surface area contributed by atoms with E-state index in [1.54, 1.807) is 6.07 Å². The maximum atomic E-state index is 14.1. The van der Waals surface area contributed by atoms with Gasteiger partial charge >= 0.3 is 5.97 Å². The van der Waals surface area contributed by atoms with Crippen LogP contribution in [0.2, 0.25) is 0 Å². The van der Waals surface area contributed by atoms with Crippen LogP contribution in [0.25, 0.3) is 0 Å². The summed E-state index contributed by atoms with van der Waals surface area (Å²) in [6.45, 7) is 8.65. The van der Waals surface area contributed by atoms with E-state index in [4.69, 9.17) is 9.47 Å². The van der Waals surface area contributed by atoms with Crippen LogP contribution in [0.4, 0.5) is 0 Å². The van der Waals surface area contributed by atoms with Crippen LogP contribution in [-0.2, 0) is 27.8 Å². The number of carbonyl (C=O) groups is 2. The fraction of sp³-hybridized carbons (Fsp3) is 0.650. The number of piperidine rings is 1. The number of amides is 1. The molecule has 2 saturated carbocycles. The normalized spacial score (nSPS) is 27.3. The van der Waals surface area contributed by atoms with Gasteiger partial charge in [-0.15, -0.1) is 0 Å². The number of phenolic OH excluding ortho intramolecular Hbond substituents is 1. The molecule has 7 heteroatoms. The summed E-state index contributed by atoms with van der Waals surface area (Å²) in [6, 6.07) is 12.6. The Labute approximate surface area is 281 Å². The average molecular weight is 643 g/mol. The molecule has 7 rings (SSSR count). The van der Waals surface area contributed by atoms with Crippen molar-refractivity contribution in [1.29, 1.82) is 0 Å². The molecule has 1 N–H and O–H groups in total. The summed E-state index contributed by atoms with van der Waals surface area (Å²) in [5, 5.41) is 11.4. The van der Waals surface area contributed by atoms with Gasteiger partial charge in [-0.25, -0.2) is 0 Å². The summed E-state index contributed by atoms with van der Waals surface area (Å²) in [5.74, 6) is 2.52. The zero-order valence-corrected chi connectivity index (χ0v) is 28.7. The molecule has 0 radical (unpaired) electrons. The lowest BCUT2D eigenvalue weighted by Gasteiger charge is -2.60. The summed E-state index contributed by atoms with van der Waals surface area (Å²) in [5.41, 5.74) is 3.15. The quantitative estimate of drug-likeness (QED) is 0.133. The molecular formula is C40H54N2O5. The van der Waals surface area contributed by atoms with Crippen molar-refractivity contribution in [3.63, 3.8) is 0 Å². The van der Waals surface area contributed by atoms with Crippen molar-refractivity contribution >= 4 is 11.9 Å². The lowest BCUT2D eigenvalue weighted by molar-refractivity contribution is -0.143. The number of hydrogen-bond acceptors (Lipinski definition) is 6. The van der Waals surface area contributed by atoms with Crippen molar-refractivity contribution in [2.24, 2.45) is 17.8 Å². The number of aryl methyl sites for hydroxylation is 1. The zero-order chi connectivity index (χ0) is 32.7. The highest BCUT2D eigenvalue weighted by atomic mass is 16.6. The highest BCUT2D eigenvalue weighted by Crippen LogP contribution is 2.66. The maximum Gasteiger partial charge on any atom is 0.308 e. The largest absolute Gasteiger partial charge is 0.508 e. The molecule has 2 bridgehead atoms. The first-order chi connectivity index (χ1) is 22.8. The SMILES string of the molecule is CC(=O)Oc1cc(O)c2c3c1O[C@H]1[C@H](N(CC(C)C)C(=O)CCCCCCCc4ccccc4)CC[C@H]4[C@@H](C2)N(CC2CC2)CC[C@@]341. The first-order valence-electron chi connectivity index (χ1n) is 18.6. The number of aromatic hydroxyl groups is 1. The van der Waals surface area contributed by atoms with Gasteiger partial charge in [-0.2, -0.15) is 0 Å². The Kier molecular flexibility index (Phi) is 9.30. The highest BCUT2D eigenvalue weighted by molar-refractivity contribution is 5.77. The summed E-state index contributed by atoms with van der Waals surface area (Å²) in [7, 11) is 0. The molecule has 2 aromatic rings. The summed E-state index contributed by atoms with van der Waals surface area (Å²) < 4.78 is 12.7. The van der Waals surface area contributed by atoms with Crippen LogP contribution in [-0.4, -0.2) is 64.6 Å². The molecule has 254 valence electrons. The lowest BCUT2D eigenvalue weighted by atomic mass is 9.50. The fourth-order valence-corrected chi connectivity index (χ4v) is 9.80. The second-order valence-corrected chi connectivity index (χ2v) is 15.7. The van der Waals surface area contributed by atoms with E-state index in [0.29, 0.717) is 42.3 Å². The molecule has 1 saturated heterocycles. The van der Waals surface area contributed by atoms with Gasteiger partial charge < -0.3 is 19.5 Å². The first-order valence-corrected chi connectivity index (χ1v) is 18.6. The maximum absolute atomic E-state index is 14.1. The predicted molar refractivity (Wildman–Crippen MR) is 183 cm³/mol. The monoisotopic (exact) mass is 642 g/mol. The van der Waals surface area contributed by atoms with Crippen LogP contribution in [0.15, 0.2) is 36.4 Å². The second-order valence-electron chi connectivity index (χ2n) is 15.7. The van der Waals surface area contributed by atoms with Crippen LogP contribution in [0.5, 0.6) is 17.2 Å². The lowest BCUT2D eigenvalue weighted by Crippen LogP contribution is -2.69. The van der Waals surface area contributed by atoms with Gasteiger partial charge in [0.1, 0.15) is 11.9 Å². The number of rotatable bonds is 14. The summed E-state index contributed by atoms with van der Waals surface area (Å²) >= 11 is 0. The van der Waals surface area contributed by atoms with Gasteiger partial charge in [-0.1, -0.05) is 63.4 Å². The molecular weight excluding hydrogens is 588 g/mol. The van der Waals surface area contributed by atoms with E-state index < -0.39 is 5.97 Å². The van der Waals surface area contributed by atoms with E-state index in [9.17, 15) is 14.7 Å². The second kappa shape index (κ2) is 13.4. The Morgan fingerprint density at radius 1 is 1.06 bits per heavy atom. The molecule has 2 aliphatic heterocycles. The molecule has 5 aliphatic rings. The molecule has 2 heterocycles. The highest BCUT2D eigenvalue weighted by Gasteiger charge is 2.67. The Bertz CT molecular complexity index is 1450. The minimum absolute atomic E-state index is 0.0478. The predicted octanol–water partition coefficient (Wildman–Crippen LogP) is 7.20. The van der Waals surface area contributed by atoms with Crippen molar-refractivity contribution in [1.82, 2.24) is 9.80 Å². The van der Waals surface area contributed by atoms with Gasteiger partial charge in [0.25, 0.3) is 0 Å². The van der Waals surface area contributed by atoms with E-state index in [0.717, 1.165) is 81.5 Å². The molecule has 7 nitrogen and oxygen atoms in total. The fourth-order valence-electron chi connectivity index (χ4n) is 9.80. The zero-order valence-electron chi connectivity index (χ0n) is 28.7. The number of esters is 1. The standard InChI is InChI=1S/C40H54N2O5/c1-26(2)24-42(36(45)15-11-6-4-5-8-12-28-13-9-7-10-14-28)32-19-18-31-33-22-30-34(44)23-35(46-27(3)43)38-37(30)40(31,39(32)47-38)20-21-41(33)25-29-16-17-29/h7,9-10,13-14,23,26,29,31-33,39,44H,4-6,8,11-12,15-22,24-25H2,1-3H3/t31-,32+,33+,39-,40-/m0/s1.